The van der Waals surface area contributed by atoms with Crippen LogP contribution < -0.4 is 0 Å². The van der Waals surface area contributed by atoms with Crippen LogP contribution in [0.4, 0.5) is 0 Å². The van der Waals surface area contributed by atoms with Crippen LogP contribution in [-0.2, 0) is 4.74 Å². The smallest absolute Gasteiger partial charge is 0.0470 e. The first-order valence-corrected chi connectivity index (χ1v) is 12.1. The van der Waals surface area contributed by atoms with Gasteiger partial charge in [0.2, 0.25) is 0 Å². The summed E-state index contributed by atoms with van der Waals surface area (Å²) in [4.78, 5) is 2.71. The van der Waals surface area contributed by atoms with Gasteiger partial charge in [-0.25, -0.2) is 0 Å². The van der Waals surface area contributed by atoms with E-state index in [-0.39, 0.29) is 0 Å². The molecule has 0 aliphatic rings. The second-order valence-electron chi connectivity index (χ2n) is 6.75. The molecule has 0 aromatic heterocycles. The summed E-state index contributed by atoms with van der Waals surface area (Å²) in [6.07, 6.45) is 3.04. The number of benzene rings is 4. The fourth-order valence-electron chi connectivity index (χ4n) is 3.18. The Kier molecular flexibility index (Phi) is 9.36. The molecule has 3 heteroatoms. The Bertz CT molecular complexity index is 1060. The van der Waals surface area contributed by atoms with Crippen LogP contribution in [0.3, 0.4) is 0 Å². The average molecular weight is 433 g/mol. The predicted octanol–water partition coefficient (Wildman–Crippen LogP) is 8.09. The van der Waals surface area contributed by atoms with E-state index in [1.54, 1.807) is 7.11 Å². The lowest BCUT2D eigenvalue weighted by atomic mass is 10.1. The maximum atomic E-state index is 5.05. The fraction of sp³-hybridized carbons (Fsp3) is 0.185. The summed E-state index contributed by atoms with van der Waals surface area (Å²) in [5.74, 6) is 2.08. The Morgan fingerprint density at radius 3 is 1.83 bits per heavy atom. The highest BCUT2D eigenvalue weighted by Gasteiger charge is 2.00. The Labute approximate surface area is 188 Å². The van der Waals surface area contributed by atoms with Gasteiger partial charge in [-0.1, -0.05) is 78.9 Å². The number of rotatable bonds is 8. The van der Waals surface area contributed by atoms with E-state index in [0.29, 0.717) is 0 Å². The number of methoxy groups -OCH3 is 1. The first-order chi connectivity index (χ1) is 14.8. The number of hydrogen-bond donors (Lipinski definition) is 0. The minimum Gasteiger partial charge on any atom is -0.385 e. The molecule has 0 saturated heterocycles. The molecule has 0 aliphatic heterocycles. The third-order valence-electron chi connectivity index (χ3n) is 4.61. The van der Waals surface area contributed by atoms with Crippen molar-refractivity contribution in [1.82, 2.24) is 0 Å². The van der Waals surface area contributed by atoms with Crippen molar-refractivity contribution in [3.63, 3.8) is 0 Å². The molecule has 4 aromatic rings. The molecule has 0 radical (unpaired) electrons. The molecule has 154 valence electrons. The van der Waals surface area contributed by atoms with Crippen LogP contribution >= 0.6 is 23.5 Å². The van der Waals surface area contributed by atoms with Crippen molar-refractivity contribution >= 4 is 45.1 Å². The zero-order chi connectivity index (χ0) is 21.0. The normalized spacial score (nSPS) is 10.6. The highest BCUT2D eigenvalue weighted by molar-refractivity contribution is 7.99. The Balaban J connectivity index is 0.000000172. The maximum Gasteiger partial charge on any atom is 0.0470 e. The number of thioether (sulfide) groups is 2. The first-order valence-electron chi connectivity index (χ1n) is 10.1. The molecule has 0 spiro atoms. The second kappa shape index (κ2) is 12.5. The van der Waals surface area contributed by atoms with Crippen LogP contribution in [0.1, 0.15) is 6.42 Å². The van der Waals surface area contributed by atoms with E-state index < -0.39 is 0 Å². The topological polar surface area (TPSA) is 9.23 Å². The third kappa shape index (κ3) is 6.40. The first kappa shape index (κ1) is 22.5. The van der Waals surface area contributed by atoms with Gasteiger partial charge in [-0.15, -0.1) is 30.1 Å². The minimum absolute atomic E-state index is 0.845. The van der Waals surface area contributed by atoms with Crippen LogP contribution in [0, 0.1) is 0 Å². The molecule has 0 amide bonds. The van der Waals surface area contributed by atoms with Crippen molar-refractivity contribution in [3.05, 3.63) is 97.6 Å². The van der Waals surface area contributed by atoms with E-state index in [2.05, 4.69) is 91.5 Å². The van der Waals surface area contributed by atoms with E-state index in [9.17, 15) is 0 Å². The van der Waals surface area contributed by atoms with E-state index in [1.807, 2.05) is 29.6 Å². The van der Waals surface area contributed by atoms with Gasteiger partial charge in [0.15, 0.2) is 0 Å². The molecule has 0 heterocycles. The van der Waals surface area contributed by atoms with E-state index in [4.69, 9.17) is 4.74 Å². The van der Waals surface area contributed by atoms with Crippen molar-refractivity contribution < 1.29 is 4.74 Å². The zero-order valence-electron chi connectivity index (χ0n) is 17.4. The summed E-state index contributed by atoms with van der Waals surface area (Å²) in [6.45, 7) is 4.58. The fourth-order valence-corrected chi connectivity index (χ4v) is 4.99. The molecule has 0 unspecified atom stereocenters. The molecular weight excluding hydrogens is 404 g/mol. The van der Waals surface area contributed by atoms with Gasteiger partial charge in [-0.05, 0) is 40.1 Å². The third-order valence-corrected chi connectivity index (χ3v) is 6.84. The van der Waals surface area contributed by atoms with E-state index in [0.717, 1.165) is 24.5 Å². The molecule has 30 heavy (non-hydrogen) atoms. The monoisotopic (exact) mass is 432 g/mol. The highest BCUT2D eigenvalue weighted by Crippen LogP contribution is 2.28. The van der Waals surface area contributed by atoms with Crippen LogP contribution in [0.15, 0.2) is 107 Å². The quantitative estimate of drug-likeness (QED) is 0.158. The Hall–Kier alpha value is -2.20. The van der Waals surface area contributed by atoms with Crippen LogP contribution in [0.2, 0.25) is 0 Å². The van der Waals surface area contributed by atoms with Gasteiger partial charge < -0.3 is 4.74 Å². The van der Waals surface area contributed by atoms with Gasteiger partial charge in [0.05, 0.1) is 0 Å². The summed E-state index contributed by atoms with van der Waals surface area (Å²) in [5.41, 5.74) is 0. The van der Waals surface area contributed by atoms with Crippen LogP contribution in [0.25, 0.3) is 21.5 Å². The lowest BCUT2D eigenvalue weighted by Gasteiger charge is -2.05. The van der Waals surface area contributed by atoms with Gasteiger partial charge in [-0.3, -0.25) is 0 Å². The Morgan fingerprint density at radius 1 is 0.733 bits per heavy atom. The molecule has 0 saturated carbocycles. The van der Waals surface area contributed by atoms with Crippen molar-refractivity contribution in [1.29, 1.82) is 0 Å². The molecule has 0 bridgehead atoms. The van der Waals surface area contributed by atoms with Gasteiger partial charge in [0.1, 0.15) is 0 Å². The van der Waals surface area contributed by atoms with Crippen molar-refractivity contribution in [2.75, 3.05) is 25.2 Å². The number of ether oxygens (including phenoxy) is 1. The summed E-state index contributed by atoms with van der Waals surface area (Å²) >= 11 is 3.74. The van der Waals surface area contributed by atoms with Crippen molar-refractivity contribution in [2.45, 2.75) is 16.2 Å². The Morgan fingerprint density at radius 2 is 1.27 bits per heavy atom. The molecule has 0 aliphatic carbocycles. The molecule has 0 atom stereocenters. The lowest BCUT2D eigenvalue weighted by Crippen LogP contribution is -1.90. The maximum absolute atomic E-state index is 5.05. The van der Waals surface area contributed by atoms with Gasteiger partial charge >= 0.3 is 0 Å². The summed E-state index contributed by atoms with van der Waals surface area (Å²) in [7, 11) is 1.75. The predicted molar refractivity (Wildman–Crippen MR) is 136 cm³/mol. The standard InChI is InChI=1S/C14H16OS.C13H12S/c1-15-10-5-11-16-14-9-4-7-12-6-2-3-8-13(12)14;1-2-10-14-13-9-5-7-11-6-3-4-8-12(11)13/h2-4,6-9H,5,10-11H2,1H3;2-9H,1,10H2. The molecule has 4 aromatic carbocycles. The summed E-state index contributed by atoms with van der Waals surface area (Å²) < 4.78 is 5.05. The number of hydrogen-bond acceptors (Lipinski definition) is 3. The summed E-state index contributed by atoms with van der Waals surface area (Å²) in [5, 5.41) is 5.31. The molecule has 0 fully saturated rings. The molecule has 4 rings (SSSR count). The molecular formula is C27H28OS2. The minimum atomic E-state index is 0.845. The van der Waals surface area contributed by atoms with Gasteiger partial charge in [0, 0.05) is 35.0 Å². The van der Waals surface area contributed by atoms with Crippen molar-refractivity contribution in [3.8, 4) is 0 Å². The van der Waals surface area contributed by atoms with E-state index >= 15 is 0 Å². The molecule has 0 N–H and O–H groups in total. The van der Waals surface area contributed by atoms with Crippen LogP contribution in [0.5, 0.6) is 0 Å². The largest absolute Gasteiger partial charge is 0.385 e. The van der Waals surface area contributed by atoms with Crippen molar-refractivity contribution in [2.24, 2.45) is 0 Å². The highest BCUT2D eigenvalue weighted by atomic mass is 32.2. The number of fused-ring (bicyclic) bond motifs is 2. The van der Waals surface area contributed by atoms with Crippen LogP contribution in [-0.4, -0.2) is 25.2 Å². The van der Waals surface area contributed by atoms with Gasteiger partial charge in [-0.2, -0.15) is 0 Å². The zero-order valence-corrected chi connectivity index (χ0v) is 19.1. The molecule has 1 nitrogen and oxygen atoms in total. The SMILES string of the molecule is C=CCSc1cccc2ccccc12.COCCCSc1cccc2ccccc12. The summed E-state index contributed by atoms with van der Waals surface area (Å²) in [6, 6.07) is 29.9. The van der Waals surface area contributed by atoms with Gasteiger partial charge in [0.25, 0.3) is 0 Å². The van der Waals surface area contributed by atoms with E-state index in [1.165, 1.54) is 31.3 Å². The lowest BCUT2D eigenvalue weighted by molar-refractivity contribution is 0.200. The second-order valence-corrected chi connectivity index (χ2v) is 8.95. The average Bonchev–Trinajstić information content (AvgIpc) is 2.81.